The molecule has 1 atom stereocenters. The smallest absolute Gasteiger partial charge is 0.321 e. The molecule has 0 bridgehead atoms. The molecule has 0 unspecified atom stereocenters. The fourth-order valence-electron chi connectivity index (χ4n) is 3.26. The zero-order valence-electron chi connectivity index (χ0n) is 14.7. The van der Waals surface area contributed by atoms with E-state index in [4.69, 9.17) is 0 Å². The van der Waals surface area contributed by atoms with Gasteiger partial charge in [-0.2, -0.15) is 4.72 Å². The summed E-state index contributed by atoms with van der Waals surface area (Å²) < 4.78 is 28.0. The number of hydrogen-bond donors (Lipinski definition) is 2. The van der Waals surface area contributed by atoms with Crippen LogP contribution in [-0.4, -0.2) is 38.5 Å². The van der Waals surface area contributed by atoms with Gasteiger partial charge in [-0.05, 0) is 30.5 Å². The first kappa shape index (κ1) is 18.3. The van der Waals surface area contributed by atoms with Gasteiger partial charge >= 0.3 is 5.97 Å². The van der Waals surface area contributed by atoms with Crippen molar-refractivity contribution in [3.8, 4) is 0 Å². The maximum absolute atomic E-state index is 12.9. The SMILES string of the molecule is CC(C)C[C@H](NS(=O)(=O)c1ccc2c3c(cccc13)C(=O)N2C)C(=O)O. The average molecular weight is 376 g/mol. The second-order valence-corrected chi connectivity index (χ2v) is 8.50. The first-order valence-corrected chi connectivity index (χ1v) is 9.70. The number of sulfonamides is 1. The van der Waals surface area contributed by atoms with E-state index in [-0.39, 0.29) is 23.1 Å². The summed E-state index contributed by atoms with van der Waals surface area (Å²) in [4.78, 5) is 25.2. The predicted molar refractivity (Wildman–Crippen MR) is 97.9 cm³/mol. The van der Waals surface area contributed by atoms with E-state index in [9.17, 15) is 23.1 Å². The fraction of sp³-hybridized carbons (Fsp3) is 0.333. The largest absolute Gasteiger partial charge is 0.480 e. The Morgan fingerprint density at radius 2 is 1.92 bits per heavy atom. The Hall–Kier alpha value is -2.45. The predicted octanol–water partition coefficient (Wildman–Crippen LogP) is 2.21. The standard InChI is InChI=1S/C18H20N2O5S/c1-10(2)9-13(18(22)23)19-26(24,25)15-8-7-14-16-11(15)5-4-6-12(16)17(21)20(14)3/h4-8,10,13,19H,9H2,1-3H3,(H,22,23)/t13-/m0/s1. The maximum atomic E-state index is 12.9. The molecule has 3 rings (SSSR count). The van der Waals surface area contributed by atoms with Gasteiger partial charge in [0.25, 0.3) is 5.91 Å². The van der Waals surface area contributed by atoms with Crippen molar-refractivity contribution in [1.29, 1.82) is 0 Å². The quantitative estimate of drug-likeness (QED) is 0.804. The highest BCUT2D eigenvalue weighted by Crippen LogP contribution is 2.39. The lowest BCUT2D eigenvalue weighted by molar-refractivity contribution is -0.139. The number of nitrogens with zero attached hydrogens (tertiary/aromatic N) is 1. The Bertz CT molecular complexity index is 1010. The third-order valence-corrected chi connectivity index (χ3v) is 6.00. The van der Waals surface area contributed by atoms with E-state index in [1.807, 2.05) is 13.8 Å². The lowest BCUT2D eigenvalue weighted by atomic mass is 10.1. The third-order valence-electron chi connectivity index (χ3n) is 4.47. The topological polar surface area (TPSA) is 104 Å². The lowest BCUT2D eigenvalue weighted by Gasteiger charge is -2.18. The minimum absolute atomic E-state index is 0.0119. The highest BCUT2D eigenvalue weighted by Gasteiger charge is 2.32. The summed E-state index contributed by atoms with van der Waals surface area (Å²) in [5, 5.41) is 10.3. The molecule has 26 heavy (non-hydrogen) atoms. The minimum atomic E-state index is -4.08. The van der Waals surface area contributed by atoms with Crippen LogP contribution in [0.4, 0.5) is 5.69 Å². The van der Waals surface area contributed by atoms with Crippen LogP contribution >= 0.6 is 0 Å². The highest BCUT2D eigenvalue weighted by atomic mass is 32.2. The van der Waals surface area contributed by atoms with Gasteiger partial charge in [-0.15, -0.1) is 0 Å². The summed E-state index contributed by atoms with van der Waals surface area (Å²) >= 11 is 0. The highest BCUT2D eigenvalue weighted by molar-refractivity contribution is 7.89. The monoisotopic (exact) mass is 376 g/mol. The van der Waals surface area contributed by atoms with E-state index in [1.54, 1.807) is 31.3 Å². The van der Waals surface area contributed by atoms with Crippen LogP contribution in [0.3, 0.4) is 0 Å². The number of amides is 1. The number of carboxylic acid groups (broad SMARTS) is 1. The fourth-order valence-corrected chi connectivity index (χ4v) is 4.67. The molecule has 8 heteroatoms. The second kappa shape index (κ2) is 6.37. The van der Waals surface area contributed by atoms with Crippen molar-refractivity contribution in [3.05, 3.63) is 35.9 Å². The molecule has 0 saturated heterocycles. The van der Waals surface area contributed by atoms with E-state index < -0.39 is 22.0 Å². The van der Waals surface area contributed by atoms with Gasteiger partial charge in [0, 0.05) is 23.4 Å². The number of aliphatic carboxylic acids is 1. The molecule has 2 aromatic rings. The van der Waals surface area contributed by atoms with Gasteiger partial charge in [-0.3, -0.25) is 9.59 Å². The molecule has 7 nitrogen and oxygen atoms in total. The van der Waals surface area contributed by atoms with Gasteiger partial charge in [-0.1, -0.05) is 26.0 Å². The molecule has 0 aromatic heterocycles. The molecule has 2 aromatic carbocycles. The molecule has 0 fully saturated rings. The van der Waals surface area contributed by atoms with E-state index in [2.05, 4.69) is 4.72 Å². The van der Waals surface area contributed by atoms with Gasteiger partial charge in [0.1, 0.15) is 6.04 Å². The molecule has 1 aliphatic heterocycles. The Morgan fingerprint density at radius 1 is 1.23 bits per heavy atom. The van der Waals surface area contributed by atoms with Crippen molar-refractivity contribution < 1.29 is 23.1 Å². The molecule has 0 radical (unpaired) electrons. The molecule has 138 valence electrons. The second-order valence-electron chi connectivity index (χ2n) is 6.82. The van der Waals surface area contributed by atoms with Crippen LogP contribution in [0.1, 0.15) is 30.6 Å². The number of carboxylic acids is 1. The maximum Gasteiger partial charge on any atom is 0.321 e. The van der Waals surface area contributed by atoms with Gasteiger partial charge in [0.15, 0.2) is 0 Å². The van der Waals surface area contributed by atoms with E-state index in [0.717, 1.165) is 0 Å². The van der Waals surface area contributed by atoms with Crippen molar-refractivity contribution in [2.24, 2.45) is 5.92 Å². The summed E-state index contributed by atoms with van der Waals surface area (Å²) in [5.41, 5.74) is 1.07. The third kappa shape index (κ3) is 2.95. The minimum Gasteiger partial charge on any atom is -0.480 e. The summed E-state index contributed by atoms with van der Waals surface area (Å²) in [5.74, 6) is -1.41. The van der Waals surface area contributed by atoms with Crippen LogP contribution in [0.15, 0.2) is 35.2 Å². The van der Waals surface area contributed by atoms with Crippen LogP contribution in [0.5, 0.6) is 0 Å². The molecule has 0 aliphatic carbocycles. The molecule has 1 amide bonds. The Kier molecular flexibility index (Phi) is 4.49. The van der Waals surface area contributed by atoms with E-state index in [1.165, 1.54) is 11.0 Å². The molecular formula is C18H20N2O5S. The average Bonchev–Trinajstić information content (AvgIpc) is 2.80. The molecular weight excluding hydrogens is 356 g/mol. The van der Waals surface area contributed by atoms with Gasteiger partial charge < -0.3 is 10.0 Å². The van der Waals surface area contributed by atoms with Crippen molar-refractivity contribution in [3.63, 3.8) is 0 Å². The van der Waals surface area contributed by atoms with Crippen molar-refractivity contribution in [2.75, 3.05) is 11.9 Å². The number of carbonyl (C=O) groups excluding carboxylic acids is 1. The molecule has 0 spiro atoms. The normalized spacial score (nSPS) is 15.1. The van der Waals surface area contributed by atoms with Crippen LogP contribution in [0.2, 0.25) is 0 Å². The van der Waals surface area contributed by atoms with Crippen molar-refractivity contribution >= 4 is 38.4 Å². The van der Waals surface area contributed by atoms with Gasteiger partial charge in [-0.25, -0.2) is 8.42 Å². The number of hydrogen-bond acceptors (Lipinski definition) is 4. The summed E-state index contributed by atoms with van der Waals surface area (Å²) in [7, 11) is -2.45. The van der Waals surface area contributed by atoms with E-state index >= 15 is 0 Å². The van der Waals surface area contributed by atoms with Gasteiger partial charge in [0.2, 0.25) is 10.0 Å². The van der Waals surface area contributed by atoms with Crippen LogP contribution in [0.25, 0.3) is 10.8 Å². The molecule has 1 heterocycles. The Balaban J connectivity index is 2.11. The molecule has 0 saturated carbocycles. The lowest BCUT2D eigenvalue weighted by Crippen LogP contribution is -2.41. The Morgan fingerprint density at radius 3 is 2.54 bits per heavy atom. The zero-order chi connectivity index (χ0) is 19.2. The van der Waals surface area contributed by atoms with Crippen LogP contribution in [0, 0.1) is 5.92 Å². The number of nitrogens with one attached hydrogen (secondary N) is 1. The van der Waals surface area contributed by atoms with E-state index in [0.29, 0.717) is 22.0 Å². The number of carbonyl (C=O) groups is 2. The Labute approximate surface area is 151 Å². The first-order chi connectivity index (χ1) is 12.1. The number of anilines is 1. The number of benzene rings is 2. The summed E-state index contributed by atoms with van der Waals surface area (Å²) in [6, 6.07) is 6.67. The summed E-state index contributed by atoms with van der Waals surface area (Å²) in [6.45, 7) is 3.65. The number of rotatable bonds is 6. The van der Waals surface area contributed by atoms with Crippen molar-refractivity contribution in [2.45, 2.75) is 31.2 Å². The van der Waals surface area contributed by atoms with Crippen LogP contribution < -0.4 is 9.62 Å². The van der Waals surface area contributed by atoms with Crippen molar-refractivity contribution in [1.82, 2.24) is 4.72 Å². The summed E-state index contributed by atoms with van der Waals surface area (Å²) in [6.07, 6.45) is 0.178. The molecule has 2 N–H and O–H groups in total. The van der Waals surface area contributed by atoms with Crippen LogP contribution in [-0.2, 0) is 14.8 Å². The first-order valence-electron chi connectivity index (χ1n) is 8.22. The molecule has 1 aliphatic rings. The van der Waals surface area contributed by atoms with Gasteiger partial charge in [0.05, 0.1) is 10.6 Å². The zero-order valence-corrected chi connectivity index (χ0v) is 15.5.